The van der Waals surface area contributed by atoms with Crippen molar-refractivity contribution in [2.75, 3.05) is 5.32 Å². The van der Waals surface area contributed by atoms with Crippen LogP contribution in [0.1, 0.15) is 31.2 Å². The lowest BCUT2D eigenvalue weighted by molar-refractivity contribution is -0.116. The smallest absolute Gasteiger partial charge is 0.224 e. The zero-order chi connectivity index (χ0) is 12.5. The molecule has 1 fully saturated rings. The van der Waals surface area contributed by atoms with Crippen LogP contribution in [0.5, 0.6) is 5.75 Å². The van der Waals surface area contributed by atoms with Gasteiger partial charge in [-0.1, -0.05) is 6.07 Å². The molecule has 1 aromatic carbocycles. The molecule has 4 heteroatoms. The highest BCUT2D eigenvalue weighted by atomic mass is 16.5. The van der Waals surface area contributed by atoms with E-state index in [1.807, 2.05) is 18.2 Å². The third-order valence-electron chi connectivity index (χ3n) is 3.68. The van der Waals surface area contributed by atoms with Crippen LogP contribution in [0.2, 0.25) is 0 Å². The molecule has 0 radical (unpaired) electrons. The standard InChI is InChI=1S/C14H17NO3/c16-12-2-1-3-13(12)18-10-6-4-9-5-7-14(17)15-11(9)8-10/h4,6,8,12-13,16H,1-3,5,7H2,(H,15,17)/t12-,13-/m0/s1. The summed E-state index contributed by atoms with van der Waals surface area (Å²) < 4.78 is 5.79. The molecule has 2 aliphatic rings. The van der Waals surface area contributed by atoms with E-state index in [0.29, 0.717) is 6.42 Å². The molecular weight excluding hydrogens is 230 g/mol. The van der Waals surface area contributed by atoms with Crippen molar-refractivity contribution >= 4 is 11.6 Å². The first kappa shape index (κ1) is 11.5. The second-order valence-corrected chi connectivity index (χ2v) is 5.02. The molecule has 2 atom stereocenters. The number of ether oxygens (including phenoxy) is 1. The number of aryl methyl sites for hydroxylation is 1. The van der Waals surface area contributed by atoms with Gasteiger partial charge >= 0.3 is 0 Å². The Balaban J connectivity index is 1.77. The minimum Gasteiger partial charge on any atom is -0.488 e. The largest absolute Gasteiger partial charge is 0.488 e. The van der Waals surface area contributed by atoms with Crippen molar-refractivity contribution in [2.45, 2.75) is 44.3 Å². The average molecular weight is 247 g/mol. The van der Waals surface area contributed by atoms with E-state index < -0.39 is 0 Å². The fourth-order valence-electron chi connectivity index (χ4n) is 2.64. The second kappa shape index (κ2) is 4.61. The second-order valence-electron chi connectivity index (χ2n) is 5.02. The molecule has 1 saturated carbocycles. The van der Waals surface area contributed by atoms with Gasteiger partial charge in [-0.25, -0.2) is 0 Å². The molecule has 0 bridgehead atoms. The van der Waals surface area contributed by atoms with E-state index in [1.54, 1.807) is 0 Å². The van der Waals surface area contributed by atoms with Crippen LogP contribution in [0.4, 0.5) is 5.69 Å². The predicted octanol–water partition coefficient (Wildman–Crippen LogP) is 1.86. The van der Waals surface area contributed by atoms with E-state index in [-0.39, 0.29) is 18.1 Å². The highest BCUT2D eigenvalue weighted by molar-refractivity contribution is 5.94. The fourth-order valence-corrected chi connectivity index (χ4v) is 2.64. The van der Waals surface area contributed by atoms with Gasteiger partial charge in [-0.3, -0.25) is 4.79 Å². The number of hydrogen-bond acceptors (Lipinski definition) is 3. The van der Waals surface area contributed by atoms with Gasteiger partial charge in [0.1, 0.15) is 11.9 Å². The first-order valence-corrected chi connectivity index (χ1v) is 6.50. The summed E-state index contributed by atoms with van der Waals surface area (Å²) in [6.45, 7) is 0. The van der Waals surface area contributed by atoms with Crippen molar-refractivity contribution in [1.29, 1.82) is 0 Å². The summed E-state index contributed by atoms with van der Waals surface area (Å²) >= 11 is 0. The molecule has 1 aliphatic heterocycles. The Bertz CT molecular complexity index is 472. The van der Waals surface area contributed by atoms with Gasteiger partial charge in [0, 0.05) is 18.2 Å². The first-order valence-electron chi connectivity index (χ1n) is 6.50. The van der Waals surface area contributed by atoms with Crippen molar-refractivity contribution in [3.8, 4) is 5.75 Å². The number of amides is 1. The van der Waals surface area contributed by atoms with Crippen LogP contribution >= 0.6 is 0 Å². The van der Waals surface area contributed by atoms with Crippen LogP contribution < -0.4 is 10.1 Å². The zero-order valence-electron chi connectivity index (χ0n) is 10.2. The predicted molar refractivity (Wildman–Crippen MR) is 67.7 cm³/mol. The third-order valence-corrected chi connectivity index (χ3v) is 3.68. The number of anilines is 1. The monoisotopic (exact) mass is 247 g/mol. The molecule has 2 N–H and O–H groups in total. The van der Waals surface area contributed by atoms with E-state index in [1.165, 1.54) is 0 Å². The average Bonchev–Trinajstić information content (AvgIpc) is 2.74. The maximum atomic E-state index is 11.3. The minimum absolute atomic E-state index is 0.0561. The molecule has 1 amide bonds. The summed E-state index contributed by atoms with van der Waals surface area (Å²) in [6.07, 6.45) is 3.57. The summed E-state index contributed by atoms with van der Waals surface area (Å²) in [6, 6.07) is 5.77. The number of carbonyl (C=O) groups excluding carboxylic acids is 1. The lowest BCUT2D eigenvalue weighted by atomic mass is 10.0. The highest BCUT2D eigenvalue weighted by Gasteiger charge is 2.27. The Labute approximate surface area is 106 Å². The van der Waals surface area contributed by atoms with Crippen molar-refractivity contribution in [2.24, 2.45) is 0 Å². The van der Waals surface area contributed by atoms with Crippen LogP contribution in [-0.2, 0) is 11.2 Å². The summed E-state index contributed by atoms with van der Waals surface area (Å²) in [5.74, 6) is 0.780. The summed E-state index contributed by atoms with van der Waals surface area (Å²) in [5, 5.41) is 12.6. The summed E-state index contributed by atoms with van der Waals surface area (Å²) in [7, 11) is 0. The van der Waals surface area contributed by atoms with E-state index in [2.05, 4.69) is 5.32 Å². The Morgan fingerprint density at radius 2 is 2.17 bits per heavy atom. The van der Waals surface area contributed by atoms with Crippen LogP contribution in [-0.4, -0.2) is 23.2 Å². The number of aliphatic hydroxyl groups excluding tert-OH is 1. The molecule has 0 saturated heterocycles. The fraction of sp³-hybridized carbons (Fsp3) is 0.500. The van der Waals surface area contributed by atoms with Crippen LogP contribution in [0.3, 0.4) is 0 Å². The normalized spacial score (nSPS) is 26.6. The van der Waals surface area contributed by atoms with Crippen molar-refractivity contribution < 1.29 is 14.6 Å². The topological polar surface area (TPSA) is 58.6 Å². The van der Waals surface area contributed by atoms with Gasteiger partial charge in [-0.2, -0.15) is 0 Å². The van der Waals surface area contributed by atoms with Crippen LogP contribution in [0, 0.1) is 0 Å². The molecule has 1 aromatic rings. The number of rotatable bonds is 2. The molecule has 1 aliphatic carbocycles. The molecular formula is C14H17NO3. The lowest BCUT2D eigenvalue weighted by Gasteiger charge is -2.21. The van der Waals surface area contributed by atoms with Gasteiger partial charge in [0.15, 0.2) is 0 Å². The van der Waals surface area contributed by atoms with E-state index >= 15 is 0 Å². The van der Waals surface area contributed by atoms with E-state index in [9.17, 15) is 9.90 Å². The minimum atomic E-state index is -0.365. The van der Waals surface area contributed by atoms with Gasteiger partial charge in [-0.15, -0.1) is 0 Å². The van der Waals surface area contributed by atoms with Gasteiger partial charge in [-0.05, 0) is 37.3 Å². The number of carbonyl (C=O) groups is 1. The maximum Gasteiger partial charge on any atom is 0.224 e. The number of benzene rings is 1. The Kier molecular flexibility index (Phi) is 2.96. The molecule has 96 valence electrons. The summed E-state index contributed by atoms with van der Waals surface area (Å²) in [5.41, 5.74) is 1.99. The zero-order valence-corrected chi connectivity index (χ0v) is 10.2. The SMILES string of the molecule is O=C1CCc2ccc(O[C@H]3CCC[C@@H]3O)cc2N1. The van der Waals surface area contributed by atoms with Crippen LogP contribution in [0.25, 0.3) is 0 Å². The van der Waals surface area contributed by atoms with Crippen molar-refractivity contribution in [3.63, 3.8) is 0 Å². The lowest BCUT2D eigenvalue weighted by Crippen LogP contribution is -2.26. The molecule has 3 rings (SSSR count). The highest BCUT2D eigenvalue weighted by Crippen LogP contribution is 2.30. The van der Waals surface area contributed by atoms with Gasteiger partial charge < -0.3 is 15.2 Å². The van der Waals surface area contributed by atoms with Crippen LogP contribution in [0.15, 0.2) is 18.2 Å². The van der Waals surface area contributed by atoms with E-state index in [0.717, 1.165) is 42.7 Å². The van der Waals surface area contributed by atoms with Crippen molar-refractivity contribution in [1.82, 2.24) is 0 Å². The number of nitrogens with one attached hydrogen (secondary N) is 1. The maximum absolute atomic E-state index is 11.3. The molecule has 0 unspecified atom stereocenters. The first-order chi connectivity index (χ1) is 8.72. The van der Waals surface area contributed by atoms with Crippen molar-refractivity contribution in [3.05, 3.63) is 23.8 Å². The van der Waals surface area contributed by atoms with Gasteiger partial charge in [0.2, 0.25) is 5.91 Å². The van der Waals surface area contributed by atoms with Gasteiger partial charge in [0.05, 0.1) is 6.10 Å². The third kappa shape index (κ3) is 2.20. The Hall–Kier alpha value is -1.55. The quantitative estimate of drug-likeness (QED) is 0.838. The van der Waals surface area contributed by atoms with Gasteiger partial charge in [0.25, 0.3) is 0 Å². The molecule has 4 nitrogen and oxygen atoms in total. The molecule has 0 aromatic heterocycles. The number of hydrogen-bond donors (Lipinski definition) is 2. The Morgan fingerprint density at radius 1 is 1.28 bits per heavy atom. The number of fused-ring (bicyclic) bond motifs is 1. The summed E-state index contributed by atoms with van der Waals surface area (Å²) in [4.78, 5) is 11.3. The molecule has 18 heavy (non-hydrogen) atoms. The molecule has 1 heterocycles. The molecule has 0 spiro atoms. The van der Waals surface area contributed by atoms with E-state index in [4.69, 9.17) is 4.74 Å². The number of aliphatic hydroxyl groups is 1. The Morgan fingerprint density at radius 3 is 2.94 bits per heavy atom.